The number of halogens is 2. The highest BCUT2D eigenvalue weighted by Crippen LogP contribution is 2.17. The van der Waals surface area contributed by atoms with E-state index >= 15 is 0 Å². The number of amides is 1. The maximum Gasteiger partial charge on any atom is 0.255 e. The minimum Gasteiger partial charge on any atom is -0.339 e. The number of carbonyl (C=O) groups excluding carboxylic acids is 1. The molecule has 0 aliphatic rings. The van der Waals surface area contributed by atoms with Crippen molar-refractivity contribution >= 4 is 17.5 Å². The summed E-state index contributed by atoms with van der Waals surface area (Å²) in [7, 11) is 0. The molecule has 78 valence electrons. The quantitative estimate of drug-likeness (QED) is 0.769. The molecule has 0 bridgehead atoms. The summed E-state index contributed by atoms with van der Waals surface area (Å²) in [5, 5.41) is 2.35. The van der Waals surface area contributed by atoms with Gasteiger partial charge in [-0.2, -0.15) is 0 Å². The van der Waals surface area contributed by atoms with Gasteiger partial charge in [0.2, 0.25) is 0 Å². The van der Waals surface area contributed by atoms with Crippen LogP contribution >= 0.6 is 11.6 Å². The van der Waals surface area contributed by atoms with Crippen molar-refractivity contribution in [2.45, 2.75) is 13.0 Å². The summed E-state index contributed by atoms with van der Waals surface area (Å²) in [4.78, 5) is 11.5. The van der Waals surface area contributed by atoms with Crippen LogP contribution < -0.4 is 5.32 Å². The first-order valence-corrected chi connectivity index (χ1v) is 4.65. The molecule has 1 unspecified atom stereocenters. The fourth-order valence-electron chi connectivity index (χ4n) is 0.995. The van der Waals surface area contributed by atoms with E-state index in [2.05, 4.69) is 11.2 Å². The minimum absolute atomic E-state index is 0.0870. The second kappa shape index (κ2) is 4.81. The van der Waals surface area contributed by atoms with Gasteiger partial charge in [-0.3, -0.25) is 4.79 Å². The van der Waals surface area contributed by atoms with Crippen LogP contribution in [0.5, 0.6) is 0 Å². The molecule has 0 aromatic heterocycles. The van der Waals surface area contributed by atoms with Gasteiger partial charge in [-0.15, -0.1) is 6.42 Å². The first-order valence-electron chi connectivity index (χ1n) is 4.27. The molecule has 2 nitrogen and oxygen atoms in total. The van der Waals surface area contributed by atoms with Crippen molar-refractivity contribution < 1.29 is 9.18 Å². The van der Waals surface area contributed by atoms with Gasteiger partial charge < -0.3 is 5.32 Å². The Kier molecular flexibility index (Phi) is 3.70. The van der Waals surface area contributed by atoms with E-state index < -0.39 is 17.8 Å². The molecule has 15 heavy (non-hydrogen) atoms. The normalized spacial score (nSPS) is 11.6. The molecule has 0 aliphatic heterocycles. The summed E-state index contributed by atoms with van der Waals surface area (Å²) in [5.41, 5.74) is -0.107. The lowest BCUT2D eigenvalue weighted by molar-refractivity contribution is 0.0944. The number of benzene rings is 1. The lowest BCUT2D eigenvalue weighted by atomic mass is 10.2. The molecular formula is C11H9ClFNO. The number of hydrogen-bond acceptors (Lipinski definition) is 1. The zero-order chi connectivity index (χ0) is 11.4. The molecular weight excluding hydrogens is 217 g/mol. The number of hydrogen-bond donors (Lipinski definition) is 1. The highest BCUT2D eigenvalue weighted by Gasteiger charge is 2.14. The van der Waals surface area contributed by atoms with Crippen LogP contribution in [0.25, 0.3) is 0 Å². The largest absolute Gasteiger partial charge is 0.339 e. The molecule has 1 rings (SSSR count). The number of carbonyl (C=O) groups is 1. The van der Waals surface area contributed by atoms with Crippen LogP contribution in [-0.4, -0.2) is 11.9 Å². The monoisotopic (exact) mass is 225 g/mol. The van der Waals surface area contributed by atoms with E-state index in [1.165, 1.54) is 18.2 Å². The van der Waals surface area contributed by atoms with E-state index in [-0.39, 0.29) is 10.6 Å². The third-order valence-electron chi connectivity index (χ3n) is 1.79. The molecule has 0 spiro atoms. The highest BCUT2D eigenvalue weighted by molar-refractivity contribution is 6.31. The van der Waals surface area contributed by atoms with E-state index in [0.717, 1.165) is 0 Å². The summed E-state index contributed by atoms with van der Waals surface area (Å²) in [6, 6.07) is 3.77. The van der Waals surface area contributed by atoms with Gasteiger partial charge in [0.25, 0.3) is 5.91 Å². The van der Waals surface area contributed by atoms with Crippen molar-refractivity contribution in [3.8, 4) is 12.3 Å². The number of nitrogens with one attached hydrogen (secondary N) is 1. The predicted molar refractivity (Wildman–Crippen MR) is 57.2 cm³/mol. The van der Waals surface area contributed by atoms with Crippen LogP contribution in [0.15, 0.2) is 18.2 Å². The fraction of sp³-hybridized carbons (Fsp3) is 0.182. The van der Waals surface area contributed by atoms with Gasteiger partial charge >= 0.3 is 0 Å². The maximum absolute atomic E-state index is 13.4. The fourth-order valence-corrected chi connectivity index (χ4v) is 1.17. The van der Waals surface area contributed by atoms with Gasteiger partial charge in [-0.25, -0.2) is 4.39 Å². The average Bonchev–Trinajstić information content (AvgIpc) is 2.21. The smallest absolute Gasteiger partial charge is 0.255 e. The average molecular weight is 226 g/mol. The summed E-state index contributed by atoms with van der Waals surface area (Å²) < 4.78 is 13.4. The van der Waals surface area contributed by atoms with Crippen molar-refractivity contribution in [2.24, 2.45) is 0 Å². The van der Waals surface area contributed by atoms with Gasteiger partial charge in [0.15, 0.2) is 5.82 Å². The van der Waals surface area contributed by atoms with Crippen molar-refractivity contribution in [3.05, 3.63) is 34.6 Å². The van der Waals surface area contributed by atoms with Gasteiger partial charge in [-0.05, 0) is 19.1 Å². The maximum atomic E-state index is 13.4. The minimum atomic E-state index is -0.735. The second-order valence-electron chi connectivity index (χ2n) is 2.96. The third kappa shape index (κ3) is 2.71. The first-order chi connectivity index (χ1) is 7.06. The van der Waals surface area contributed by atoms with Crippen molar-refractivity contribution in [3.63, 3.8) is 0 Å². The molecule has 0 aliphatic carbocycles. The first kappa shape index (κ1) is 11.5. The predicted octanol–water partition coefficient (Wildman–Crippen LogP) is 2.23. The van der Waals surface area contributed by atoms with Gasteiger partial charge in [0.05, 0.1) is 16.6 Å². The topological polar surface area (TPSA) is 29.1 Å². The van der Waals surface area contributed by atoms with E-state index in [1.54, 1.807) is 6.92 Å². The number of rotatable bonds is 2. The highest BCUT2D eigenvalue weighted by atomic mass is 35.5. The molecule has 0 saturated carbocycles. The van der Waals surface area contributed by atoms with Gasteiger partial charge in [0.1, 0.15) is 0 Å². The van der Waals surface area contributed by atoms with E-state index in [0.29, 0.717) is 0 Å². The molecule has 4 heteroatoms. The Morgan fingerprint density at radius 2 is 2.33 bits per heavy atom. The van der Waals surface area contributed by atoms with Gasteiger partial charge in [-0.1, -0.05) is 23.6 Å². The van der Waals surface area contributed by atoms with Crippen LogP contribution in [0, 0.1) is 18.2 Å². The molecule has 1 aromatic carbocycles. The summed E-state index contributed by atoms with van der Waals surface area (Å²) in [6.07, 6.45) is 5.08. The zero-order valence-electron chi connectivity index (χ0n) is 8.05. The molecule has 1 N–H and O–H groups in total. The van der Waals surface area contributed by atoms with E-state index in [9.17, 15) is 9.18 Å². The Labute approximate surface area is 92.4 Å². The van der Waals surface area contributed by atoms with Crippen LogP contribution in [-0.2, 0) is 0 Å². The summed E-state index contributed by atoms with van der Waals surface area (Å²) in [5.74, 6) is 1.01. The van der Waals surface area contributed by atoms with E-state index in [1.807, 2.05) is 0 Å². The molecule has 0 heterocycles. The Balaban J connectivity index is 2.93. The Morgan fingerprint density at radius 3 is 2.93 bits per heavy atom. The van der Waals surface area contributed by atoms with Gasteiger partial charge in [0, 0.05) is 0 Å². The molecule has 0 radical (unpaired) electrons. The molecule has 1 aromatic rings. The Bertz CT molecular complexity index is 425. The number of terminal acetylenes is 1. The standard InChI is InChI=1S/C11H9ClFNO/c1-3-7(2)14-11(15)8-5-4-6-9(12)10(8)13/h1,4-7H,2H3,(H,14,15). The van der Waals surface area contributed by atoms with Crippen molar-refractivity contribution in [1.29, 1.82) is 0 Å². The molecule has 1 amide bonds. The lowest BCUT2D eigenvalue weighted by Gasteiger charge is -2.08. The summed E-state index contributed by atoms with van der Waals surface area (Å²) in [6.45, 7) is 1.63. The Hall–Kier alpha value is -1.53. The van der Waals surface area contributed by atoms with Crippen LogP contribution in [0.1, 0.15) is 17.3 Å². The second-order valence-corrected chi connectivity index (χ2v) is 3.37. The third-order valence-corrected chi connectivity index (χ3v) is 2.09. The Morgan fingerprint density at radius 1 is 1.67 bits per heavy atom. The molecule has 1 atom stereocenters. The van der Waals surface area contributed by atoms with Crippen molar-refractivity contribution in [1.82, 2.24) is 5.32 Å². The summed E-state index contributed by atoms with van der Waals surface area (Å²) >= 11 is 5.53. The molecule has 0 saturated heterocycles. The van der Waals surface area contributed by atoms with E-state index in [4.69, 9.17) is 18.0 Å². The lowest BCUT2D eigenvalue weighted by Crippen LogP contribution is -2.31. The van der Waals surface area contributed by atoms with Crippen molar-refractivity contribution in [2.75, 3.05) is 0 Å². The zero-order valence-corrected chi connectivity index (χ0v) is 8.81. The van der Waals surface area contributed by atoms with Crippen LogP contribution in [0.2, 0.25) is 5.02 Å². The van der Waals surface area contributed by atoms with Crippen LogP contribution in [0.3, 0.4) is 0 Å². The molecule has 0 fully saturated rings. The van der Waals surface area contributed by atoms with Crippen LogP contribution in [0.4, 0.5) is 4.39 Å². The SMILES string of the molecule is C#CC(C)NC(=O)c1cccc(Cl)c1F.